The van der Waals surface area contributed by atoms with Crippen LogP contribution >= 0.6 is 0 Å². The van der Waals surface area contributed by atoms with Crippen molar-refractivity contribution >= 4 is 22.8 Å². The quantitative estimate of drug-likeness (QED) is 0.378. The van der Waals surface area contributed by atoms with Crippen molar-refractivity contribution in [3.8, 4) is 17.3 Å². The maximum Gasteiger partial charge on any atom is 0.417 e. The zero-order valence-corrected chi connectivity index (χ0v) is 21.1. The number of pyridine rings is 2. The molecule has 1 saturated heterocycles. The van der Waals surface area contributed by atoms with E-state index < -0.39 is 11.7 Å². The van der Waals surface area contributed by atoms with E-state index >= 15 is 0 Å². The van der Waals surface area contributed by atoms with Gasteiger partial charge in [0.25, 0.3) is 0 Å². The molecular weight excluding hydrogens is 495 g/mol. The highest BCUT2D eigenvalue weighted by atomic mass is 19.4. The molecule has 9 nitrogen and oxygen atoms in total. The second-order valence-electron chi connectivity index (χ2n) is 9.52. The summed E-state index contributed by atoms with van der Waals surface area (Å²) in [7, 11) is 4.17. The molecule has 1 aliphatic heterocycles. The van der Waals surface area contributed by atoms with Crippen LogP contribution in [0.4, 0.5) is 24.9 Å². The van der Waals surface area contributed by atoms with Gasteiger partial charge in [-0.3, -0.25) is 0 Å². The van der Waals surface area contributed by atoms with Gasteiger partial charge in [0.1, 0.15) is 17.5 Å². The number of likely N-dealkylation sites (N-methyl/N-ethyl adjacent to an activating group) is 2. The first kappa shape index (κ1) is 25.4. The fourth-order valence-electron chi connectivity index (χ4n) is 4.65. The van der Waals surface area contributed by atoms with Crippen LogP contribution in [0.5, 0.6) is 0 Å². The Bertz CT molecular complexity index is 1490. The Kier molecular flexibility index (Phi) is 6.62. The van der Waals surface area contributed by atoms with E-state index in [1.165, 1.54) is 12.4 Å². The molecule has 4 aromatic heterocycles. The van der Waals surface area contributed by atoms with Crippen molar-refractivity contribution in [2.24, 2.45) is 0 Å². The van der Waals surface area contributed by atoms with Crippen LogP contribution in [-0.2, 0) is 6.18 Å². The predicted molar refractivity (Wildman–Crippen MR) is 137 cm³/mol. The third-order valence-corrected chi connectivity index (χ3v) is 6.91. The highest BCUT2D eigenvalue weighted by Gasteiger charge is 2.32. The molecule has 38 heavy (non-hydrogen) atoms. The number of nitrogens with one attached hydrogen (secondary N) is 2. The normalized spacial score (nSPS) is 16.9. The number of halogens is 3. The Morgan fingerprint density at radius 1 is 1.21 bits per heavy atom. The summed E-state index contributed by atoms with van der Waals surface area (Å²) in [5, 5.41) is 13.0. The van der Waals surface area contributed by atoms with E-state index in [9.17, 15) is 18.4 Å². The molecule has 0 aromatic carbocycles. The second kappa shape index (κ2) is 9.90. The molecule has 2 atom stereocenters. The van der Waals surface area contributed by atoms with Crippen molar-refractivity contribution in [2.75, 3.05) is 37.4 Å². The number of aromatic nitrogens is 5. The average Bonchev–Trinajstić information content (AvgIpc) is 3.53. The molecule has 4 aromatic rings. The molecule has 1 fully saturated rings. The molecule has 0 saturated carbocycles. The van der Waals surface area contributed by atoms with Crippen LogP contribution in [0.25, 0.3) is 22.3 Å². The van der Waals surface area contributed by atoms with Crippen molar-refractivity contribution < 1.29 is 13.2 Å². The van der Waals surface area contributed by atoms with Crippen LogP contribution in [0.2, 0.25) is 0 Å². The smallest absolute Gasteiger partial charge is 0.355 e. The Morgan fingerprint density at radius 3 is 2.68 bits per heavy atom. The summed E-state index contributed by atoms with van der Waals surface area (Å²) >= 11 is 0. The number of nitrogens with zero attached hydrogens (tertiary/aromatic N) is 7. The third-order valence-electron chi connectivity index (χ3n) is 6.91. The van der Waals surface area contributed by atoms with Crippen LogP contribution < -0.4 is 10.2 Å². The minimum atomic E-state index is -4.55. The molecule has 0 spiro atoms. The molecule has 12 heteroatoms. The van der Waals surface area contributed by atoms with Crippen molar-refractivity contribution in [1.82, 2.24) is 29.8 Å². The van der Waals surface area contributed by atoms with E-state index in [1.54, 1.807) is 6.20 Å². The molecule has 5 rings (SSSR count). The van der Waals surface area contributed by atoms with E-state index in [2.05, 4.69) is 54.1 Å². The highest BCUT2D eigenvalue weighted by molar-refractivity contribution is 5.94. The fraction of sp³-hybridized carbons (Fsp3) is 0.346. The topological polar surface area (TPSA) is 110 Å². The number of anilines is 2. The van der Waals surface area contributed by atoms with E-state index in [1.807, 2.05) is 25.1 Å². The van der Waals surface area contributed by atoms with Gasteiger partial charge in [-0.15, -0.1) is 0 Å². The molecule has 1 unspecified atom stereocenters. The summed E-state index contributed by atoms with van der Waals surface area (Å²) < 4.78 is 39.9. The van der Waals surface area contributed by atoms with Crippen LogP contribution in [0.3, 0.4) is 0 Å². The van der Waals surface area contributed by atoms with Crippen molar-refractivity contribution in [1.29, 1.82) is 5.26 Å². The average molecular weight is 522 g/mol. The number of fused-ring (bicyclic) bond motifs is 1. The largest absolute Gasteiger partial charge is 0.417 e. The van der Waals surface area contributed by atoms with Gasteiger partial charge in [0.05, 0.1) is 29.1 Å². The molecule has 0 bridgehead atoms. The molecule has 1 aliphatic rings. The summed E-state index contributed by atoms with van der Waals surface area (Å²) in [6, 6.07) is 7.19. The molecule has 5 heterocycles. The van der Waals surface area contributed by atoms with Gasteiger partial charge in [-0.05, 0) is 44.6 Å². The van der Waals surface area contributed by atoms with E-state index in [0.717, 1.165) is 43.2 Å². The summed E-state index contributed by atoms with van der Waals surface area (Å²) in [6.07, 6.45) is 1.97. The van der Waals surface area contributed by atoms with E-state index in [4.69, 9.17) is 0 Å². The zero-order valence-electron chi connectivity index (χ0n) is 21.1. The summed E-state index contributed by atoms with van der Waals surface area (Å²) in [5.41, 5.74) is 0.964. The number of nitriles is 1. The van der Waals surface area contributed by atoms with Gasteiger partial charge in [0.15, 0.2) is 0 Å². The van der Waals surface area contributed by atoms with E-state index in [-0.39, 0.29) is 34.3 Å². The van der Waals surface area contributed by atoms with Gasteiger partial charge < -0.3 is 20.1 Å². The van der Waals surface area contributed by atoms with Gasteiger partial charge >= 0.3 is 6.18 Å². The Labute approximate surface area is 217 Å². The first-order chi connectivity index (χ1) is 18.1. The van der Waals surface area contributed by atoms with Crippen molar-refractivity contribution in [3.63, 3.8) is 0 Å². The van der Waals surface area contributed by atoms with Gasteiger partial charge in [-0.1, -0.05) is 6.07 Å². The first-order valence-electron chi connectivity index (χ1n) is 12.1. The molecule has 0 aliphatic carbocycles. The van der Waals surface area contributed by atoms with Gasteiger partial charge in [-0.25, -0.2) is 19.9 Å². The SMILES string of the molecule is C[C@@H](Nc1ncc(C#N)c(-c2c[nH]c3ncc(C(F)(F)F)cc23)n1)c1ccc(N(C)C2CCN(C)C2)nc1. The Morgan fingerprint density at radius 2 is 2.03 bits per heavy atom. The second-order valence-corrected chi connectivity index (χ2v) is 9.52. The van der Waals surface area contributed by atoms with Crippen molar-refractivity contribution in [2.45, 2.75) is 31.6 Å². The minimum absolute atomic E-state index is 0.133. The summed E-state index contributed by atoms with van der Waals surface area (Å²) in [4.78, 5) is 24.6. The van der Waals surface area contributed by atoms with Crippen molar-refractivity contribution in [3.05, 3.63) is 59.7 Å². The number of aromatic amines is 1. The summed E-state index contributed by atoms with van der Waals surface area (Å²) in [6.45, 7) is 4.00. The number of H-pyrrole nitrogens is 1. The maximum absolute atomic E-state index is 13.3. The van der Waals surface area contributed by atoms with Gasteiger partial charge in [0.2, 0.25) is 5.95 Å². The molecule has 2 N–H and O–H groups in total. The number of hydrogen-bond donors (Lipinski definition) is 2. The minimum Gasteiger partial charge on any atom is -0.355 e. The van der Waals surface area contributed by atoms with Crippen LogP contribution in [0.15, 0.2) is 43.0 Å². The monoisotopic (exact) mass is 521 g/mol. The highest BCUT2D eigenvalue weighted by Crippen LogP contribution is 2.35. The van der Waals surface area contributed by atoms with Crippen LogP contribution in [-0.4, -0.2) is 63.0 Å². The predicted octanol–water partition coefficient (Wildman–Crippen LogP) is 4.62. The number of rotatable bonds is 6. The lowest BCUT2D eigenvalue weighted by molar-refractivity contribution is -0.137. The van der Waals surface area contributed by atoms with Gasteiger partial charge in [-0.2, -0.15) is 18.4 Å². The molecule has 0 radical (unpaired) electrons. The molecular formula is C26H26F3N9. The molecule has 196 valence electrons. The third kappa shape index (κ3) is 4.97. The van der Waals surface area contributed by atoms with Gasteiger partial charge in [0, 0.05) is 49.2 Å². The standard InChI is InChI=1S/C26H26F3N9/c1-15(16-4-5-22(31-10-16)38(3)19-6-7-37(2)14-19)35-25-34-11-17(9-30)23(36-25)21-13-33-24-20(21)8-18(12-32-24)26(27,28)29/h4-5,8,10-13,15,19H,6-7,14H2,1-3H3,(H,32,33)(H,34,35,36)/t15-,19?/m1/s1. The zero-order chi connectivity index (χ0) is 27.0. The summed E-state index contributed by atoms with van der Waals surface area (Å²) in [5.74, 6) is 1.13. The lowest BCUT2D eigenvalue weighted by Crippen LogP contribution is -2.34. The number of alkyl halides is 3. The van der Waals surface area contributed by atoms with E-state index in [0.29, 0.717) is 11.6 Å². The Hall–Kier alpha value is -4.24. The lowest BCUT2D eigenvalue weighted by atomic mass is 10.1. The number of likely N-dealkylation sites (tertiary alicyclic amines) is 1. The fourth-order valence-corrected chi connectivity index (χ4v) is 4.65. The maximum atomic E-state index is 13.3. The first-order valence-corrected chi connectivity index (χ1v) is 12.1. The van der Waals surface area contributed by atoms with Crippen LogP contribution in [0.1, 0.15) is 36.1 Å². The molecule has 0 amide bonds. The Balaban J connectivity index is 1.39. The van der Waals surface area contributed by atoms with Crippen LogP contribution in [0, 0.1) is 11.3 Å². The number of hydrogen-bond acceptors (Lipinski definition) is 8. The lowest BCUT2D eigenvalue weighted by Gasteiger charge is -2.26.